The number of ether oxygens (including phenoxy) is 2. The number of carbonyl (C=O) groups excluding carboxylic acids is 3. The van der Waals surface area contributed by atoms with Gasteiger partial charge in [-0.05, 0) is 26.0 Å². The van der Waals surface area contributed by atoms with Crippen LogP contribution in [0.15, 0.2) is 41.4 Å². The lowest BCUT2D eigenvalue weighted by Crippen LogP contribution is -2.29. The molecule has 10 heteroatoms. The second-order valence-electron chi connectivity index (χ2n) is 5.96. The van der Waals surface area contributed by atoms with Gasteiger partial charge in [0.05, 0.1) is 41.4 Å². The predicted octanol–water partition coefficient (Wildman–Crippen LogP) is 1.71. The van der Waals surface area contributed by atoms with E-state index in [2.05, 4.69) is 10.2 Å². The summed E-state index contributed by atoms with van der Waals surface area (Å²) in [5, 5.41) is 8.91. The summed E-state index contributed by atoms with van der Waals surface area (Å²) in [4.78, 5) is 38.8. The molecule has 0 bridgehead atoms. The Kier molecular flexibility index (Phi) is 6.65. The summed E-state index contributed by atoms with van der Waals surface area (Å²) >= 11 is 1.24. The first-order valence-electron chi connectivity index (χ1n) is 8.97. The van der Waals surface area contributed by atoms with Crippen molar-refractivity contribution in [1.82, 2.24) is 19.9 Å². The summed E-state index contributed by atoms with van der Waals surface area (Å²) in [7, 11) is 0. The fraction of sp³-hybridized carbons (Fsp3) is 0.316. The smallest absolute Gasteiger partial charge is 0.360 e. The van der Waals surface area contributed by atoms with Crippen LogP contribution >= 0.6 is 11.8 Å². The average Bonchev–Trinajstić information content (AvgIpc) is 3.26. The molecular formula is C19H20N4O5S. The van der Waals surface area contributed by atoms with Gasteiger partial charge in [-0.2, -0.15) is 9.90 Å². The maximum Gasteiger partial charge on any atom is 0.360 e. The van der Waals surface area contributed by atoms with Crippen LogP contribution in [-0.4, -0.2) is 63.3 Å². The zero-order valence-corrected chi connectivity index (χ0v) is 16.8. The van der Waals surface area contributed by atoms with Gasteiger partial charge in [-0.3, -0.25) is 4.79 Å². The molecule has 1 aromatic heterocycles. The second kappa shape index (κ2) is 9.37. The molecule has 0 aliphatic carbocycles. The van der Waals surface area contributed by atoms with Gasteiger partial charge in [-0.15, -0.1) is 5.10 Å². The normalized spacial score (nSPS) is 15.0. The molecule has 1 aliphatic heterocycles. The van der Waals surface area contributed by atoms with Gasteiger partial charge in [0.2, 0.25) is 5.91 Å². The van der Waals surface area contributed by atoms with E-state index in [1.54, 1.807) is 13.8 Å². The topological polar surface area (TPSA) is 104 Å². The maximum atomic E-state index is 12.4. The number of thioether (sulfide) groups is 1. The van der Waals surface area contributed by atoms with E-state index in [1.165, 1.54) is 27.5 Å². The largest absolute Gasteiger partial charge is 0.463 e. The van der Waals surface area contributed by atoms with Crippen LogP contribution in [0.5, 0.6) is 0 Å². The average molecular weight is 416 g/mol. The summed E-state index contributed by atoms with van der Waals surface area (Å²) in [6, 6.07) is 9.21. The van der Waals surface area contributed by atoms with Crippen molar-refractivity contribution in [3.05, 3.63) is 52.8 Å². The van der Waals surface area contributed by atoms with Gasteiger partial charge in [0.1, 0.15) is 6.61 Å². The van der Waals surface area contributed by atoms with E-state index in [1.807, 2.05) is 30.3 Å². The summed E-state index contributed by atoms with van der Waals surface area (Å²) < 4.78 is 10.1. The maximum absolute atomic E-state index is 12.4. The Morgan fingerprint density at radius 2 is 1.97 bits per heavy atom. The number of amides is 1. The number of rotatable bonds is 7. The molecule has 152 valence electrons. The molecule has 0 radical (unpaired) electrons. The summed E-state index contributed by atoms with van der Waals surface area (Å²) in [5.41, 5.74) is 1.27. The molecular weight excluding hydrogens is 396 g/mol. The number of hydrogen-bond donors (Lipinski definition) is 0. The Balaban J connectivity index is 1.60. The molecule has 0 spiro atoms. The molecule has 1 aromatic carbocycles. The van der Waals surface area contributed by atoms with Gasteiger partial charge < -0.3 is 14.4 Å². The first-order valence-corrected chi connectivity index (χ1v) is 9.96. The minimum atomic E-state index is -0.625. The van der Waals surface area contributed by atoms with Crippen molar-refractivity contribution in [1.29, 1.82) is 0 Å². The fourth-order valence-electron chi connectivity index (χ4n) is 2.60. The van der Waals surface area contributed by atoms with Crippen molar-refractivity contribution < 1.29 is 23.9 Å². The van der Waals surface area contributed by atoms with E-state index in [0.29, 0.717) is 10.7 Å². The molecule has 2 heterocycles. The van der Waals surface area contributed by atoms with Gasteiger partial charge in [-0.25, -0.2) is 9.59 Å². The standard InChI is InChI=1S/C19H20N4O5S/c1-3-27-17(25)11-16-22(15(24)12-29-16)9-10-28-19(26)18-13(2)20-23(21-18)14-7-5-4-6-8-14/h4-8,11H,3,9-10,12H2,1-2H3/b16-11-. The zero-order valence-electron chi connectivity index (χ0n) is 16.0. The SMILES string of the molecule is CCOC(=O)/C=C1\SCC(=O)N1CCOC(=O)c1nn(-c2ccccc2)nc1C. The third kappa shape index (κ3) is 5.02. The Morgan fingerprint density at radius 1 is 1.21 bits per heavy atom. The van der Waals surface area contributed by atoms with E-state index in [4.69, 9.17) is 9.47 Å². The van der Waals surface area contributed by atoms with Crippen LogP contribution in [0.25, 0.3) is 5.69 Å². The van der Waals surface area contributed by atoms with E-state index in [9.17, 15) is 14.4 Å². The lowest BCUT2D eigenvalue weighted by Gasteiger charge is -2.16. The molecule has 0 N–H and O–H groups in total. The number of esters is 2. The van der Waals surface area contributed by atoms with E-state index >= 15 is 0 Å². The predicted molar refractivity (Wildman–Crippen MR) is 105 cm³/mol. The van der Waals surface area contributed by atoms with Crippen LogP contribution in [0.1, 0.15) is 23.1 Å². The van der Waals surface area contributed by atoms with Gasteiger partial charge in [0.25, 0.3) is 0 Å². The number of nitrogens with zero attached hydrogens (tertiary/aromatic N) is 4. The highest BCUT2D eigenvalue weighted by molar-refractivity contribution is 8.04. The van der Waals surface area contributed by atoms with Crippen molar-refractivity contribution in [3.8, 4) is 5.69 Å². The Bertz CT molecular complexity index is 941. The van der Waals surface area contributed by atoms with E-state index < -0.39 is 11.9 Å². The fourth-order valence-corrected chi connectivity index (χ4v) is 3.55. The number of para-hydroxylation sites is 1. The van der Waals surface area contributed by atoms with Crippen molar-refractivity contribution >= 4 is 29.6 Å². The molecule has 3 rings (SSSR count). The molecule has 29 heavy (non-hydrogen) atoms. The van der Waals surface area contributed by atoms with Gasteiger partial charge >= 0.3 is 11.9 Å². The summed E-state index contributed by atoms with van der Waals surface area (Å²) in [5.74, 6) is -1.07. The van der Waals surface area contributed by atoms with Gasteiger partial charge in [0.15, 0.2) is 5.69 Å². The quantitative estimate of drug-likeness (QED) is 0.496. The summed E-state index contributed by atoms with van der Waals surface area (Å²) in [6.45, 7) is 3.72. The van der Waals surface area contributed by atoms with E-state index in [-0.39, 0.29) is 37.1 Å². The number of benzene rings is 1. The van der Waals surface area contributed by atoms with Crippen LogP contribution in [0.4, 0.5) is 0 Å². The minimum absolute atomic E-state index is 0.0388. The Morgan fingerprint density at radius 3 is 2.69 bits per heavy atom. The van der Waals surface area contributed by atoms with Crippen molar-refractivity contribution in [2.75, 3.05) is 25.5 Å². The van der Waals surface area contributed by atoms with Crippen LogP contribution in [0.3, 0.4) is 0 Å². The highest BCUT2D eigenvalue weighted by Crippen LogP contribution is 2.28. The Labute approximate surface area is 171 Å². The van der Waals surface area contributed by atoms with Crippen molar-refractivity contribution in [2.45, 2.75) is 13.8 Å². The molecule has 0 atom stereocenters. The third-order valence-corrected chi connectivity index (χ3v) is 4.97. The number of aryl methyl sites for hydroxylation is 1. The summed E-state index contributed by atoms with van der Waals surface area (Å²) in [6.07, 6.45) is 1.27. The molecule has 1 amide bonds. The zero-order chi connectivity index (χ0) is 20.8. The van der Waals surface area contributed by atoms with Gasteiger partial charge in [-0.1, -0.05) is 30.0 Å². The number of carbonyl (C=O) groups is 3. The molecule has 1 aliphatic rings. The van der Waals surface area contributed by atoms with Crippen molar-refractivity contribution in [3.63, 3.8) is 0 Å². The molecule has 0 unspecified atom stereocenters. The monoisotopic (exact) mass is 416 g/mol. The first-order chi connectivity index (χ1) is 14.0. The first kappa shape index (κ1) is 20.6. The molecule has 1 saturated heterocycles. The van der Waals surface area contributed by atoms with Crippen LogP contribution in [0, 0.1) is 6.92 Å². The van der Waals surface area contributed by atoms with E-state index in [0.717, 1.165) is 5.69 Å². The lowest BCUT2D eigenvalue weighted by atomic mass is 10.3. The van der Waals surface area contributed by atoms with Crippen LogP contribution in [0.2, 0.25) is 0 Å². The number of hydrogen-bond acceptors (Lipinski definition) is 8. The molecule has 2 aromatic rings. The molecule has 1 fully saturated rings. The molecule has 0 saturated carbocycles. The van der Waals surface area contributed by atoms with Crippen LogP contribution in [-0.2, 0) is 19.1 Å². The minimum Gasteiger partial charge on any atom is -0.463 e. The number of aromatic nitrogens is 3. The lowest BCUT2D eigenvalue weighted by molar-refractivity contribution is -0.137. The third-order valence-electron chi connectivity index (χ3n) is 3.95. The van der Waals surface area contributed by atoms with Crippen molar-refractivity contribution in [2.24, 2.45) is 0 Å². The highest BCUT2D eigenvalue weighted by atomic mass is 32.2. The van der Waals surface area contributed by atoms with Crippen LogP contribution < -0.4 is 0 Å². The second-order valence-corrected chi connectivity index (χ2v) is 6.96. The Hall–Kier alpha value is -3.14. The highest BCUT2D eigenvalue weighted by Gasteiger charge is 2.28. The molecule has 9 nitrogen and oxygen atoms in total. The van der Waals surface area contributed by atoms with Gasteiger partial charge in [0, 0.05) is 0 Å².